The molecule has 3 rings (SSSR count). The number of fused-ring (bicyclic) bond motifs is 1. The summed E-state index contributed by atoms with van der Waals surface area (Å²) in [6.07, 6.45) is 3.86. The zero-order chi connectivity index (χ0) is 18.7. The van der Waals surface area contributed by atoms with E-state index in [4.69, 9.17) is 0 Å². The molecule has 0 fully saturated rings. The lowest BCUT2D eigenvalue weighted by Gasteiger charge is -2.18. The van der Waals surface area contributed by atoms with E-state index in [0.717, 1.165) is 36.8 Å². The SMILES string of the molecule is CCCNC(=O)c1c(NC(=O)c2ccc(C)cc2)sc2c1CC[C@H](C)C2. The fourth-order valence-corrected chi connectivity index (χ4v) is 4.69. The van der Waals surface area contributed by atoms with Crippen LogP contribution < -0.4 is 10.6 Å². The molecule has 0 unspecified atom stereocenters. The zero-order valence-electron chi connectivity index (χ0n) is 15.6. The fourth-order valence-electron chi connectivity index (χ4n) is 3.29. The first kappa shape index (κ1) is 18.6. The minimum absolute atomic E-state index is 0.0712. The fraction of sp³-hybridized carbons (Fsp3) is 0.429. The van der Waals surface area contributed by atoms with Gasteiger partial charge in [0.15, 0.2) is 0 Å². The third-order valence-electron chi connectivity index (χ3n) is 4.82. The number of benzene rings is 1. The average Bonchev–Trinajstić information content (AvgIpc) is 2.97. The highest BCUT2D eigenvalue weighted by Gasteiger charge is 2.28. The van der Waals surface area contributed by atoms with Crippen molar-refractivity contribution in [3.63, 3.8) is 0 Å². The highest BCUT2D eigenvalue weighted by atomic mass is 32.1. The molecule has 4 nitrogen and oxygen atoms in total. The first-order valence-electron chi connectivity index (χ1n) is 9.30. The molecule has 0 radical (unpaired) electrons. The van der Waals surface area contributed by atoms with Gasteiger partial charge in [-0.2, -0.15) is 0 Å². The first-order valence-corrected chi connectivity index (χ1v) is 10.1. The molecule has 2 aromatic rings. The van der Waals surface area contributed by atoms with Crippen molar-refractivity contribution in [1.82, 2.24) is 5.32 Å². The smallest absolute Gasteiger partial charge is 0.256 e. The third kappa shape index (κ3) is 3.98. The van der Waals surface area contributed by atoms with Gasteiger partial charge in [0.05, 0.1) is 5.56 Å². The van der Waals surface area contributed by atoms with E-state index < -0.39 is 0 Å². The van der Waals surface area contributed by atoms with Gasteiger partial charge in [0, 0.05) is 17.0 Å². The Balaban J connectivity index is 1.91. The molecule has 0 saturated carbocycles. The Morgan fingerprint density at radius 1 is 1.19 bits per heavy atom. The molecule has 0 spiro atoms. The summed E-state index contributed by atoms with van der Waals surface area (Å²) in [7, 11) is 0. The highest BCUT2D eigenvalue weighted by molar-refractivity contribution is 7.17. The molecule has 1 aromatic heterocycles. The van der Waals surface area contributed by atoms with Gasteiger partial charge < -0.3 is 10.6 Å². The van der Waals surface area contributed by atoms with Crippen molar-refractivity contribution in [3.8, 4) is 0 Å². The Morgan fingerprint density at radius 2 is 1.92 bits per heavy atom. The van der Waals surface area contributed by atoms with Crippen molar-refractivity contribution in [3.05, 3.63) is 51.4 Å². The number of nitrogens with one attached hydrogen (secondary N) is 2. The number of carbonyl (C=O) groups excluding carboxylic acids is 2. The van der Waals surface area contributed by atoms with Crippen LogP contribution in [0.2, 0.25) is 0 Å². The second-order valence-corrected chi connectivity index (χ2v) is 8.24. The van der Waals surface area contributed by atoms with Gasteiger partial charge in [0.25, 0.3) is 11.8 Å². The molecule has 1 aliphatic rings. The van der Waals surface area contributed by atoms with Crippen molar-refractivity contribution in [2.75, 3.05) is 11.9 Å². The number of aryl methyl sites for hydroxylation is 1. The van der Waals surface area contributed by atoms with Gasteiger partial charge >= 0.3 is 0 Å². The topological polar surface area (TPSA) is 58.2 Å². The molecule has 1 aliphatic carbocycles. The van der Waals surface area contributed by atoms with Gasteiger partial charge in [0.1, 0.15) is 5.00 Å². The van der Waals surface area contributed by atoms with Gasteiger partial charge in [-0.25, -0.2) is 0 Å². The van der Waals surface area contributed by atoms with Crippen LogP contribution in [0.25, 0.3) is 0 Å². The molecular formula is C21H26N2O2S. The van der Waals surface area contributed by atoms with E-state index in [0.29, 0.717) is 28.6 Å². The summed E-state index contributed by atoms with van der Waals surface area (Å²) in [4.78, 5) is 26.6. The van der Waals surface area contributed by atoms with E-state index in [1.54, 1.807) is 11.3 Å². The van der Waals surface area contributed by atoms with Crippen molar-refractivity contribution in [1.29, 1.82) is 0 Å². The number of hydrogen-bond acceptors (Lipinski definition) is 3. The molecule has 138 valence electrons. The van der Waals surface area contributed by atoms with Crippen LogP contribution in [0.3, 0.4) is 0 Å². The molecule has 2 amide bonds. The summed E-state index contributed by atoms with van der Waals surface area (Å²) in [6, 6.07) is 7.48. The van der Waals surface area contributed by atoms with Gasteiger partial charge in [-0.1, -0.05) is 31.5 Å². The Bertz CT molecular complexity index is 808. The lowest BCUT2D eigenvalue weighted by Crippen LogP contribution is -2.26. The van der Waals surface area contributed by atoms with E-state index in [-0.39, 0.29) is 11.8 Å². The Hall–Kier alpha value is -2.14. The molecule has 1 heterocycles. The maximum Gasteiger partial charge on any atom is 0.256 e. The number of carbonyl (C=O) groups is 2. The van der Waals surface area contributed by atoms with Crippen LogP contribution in [0.15, 0.2) is 24.3 Å². The van der Waals surface area contributed by atoms with E-state index in [1.165, 1.54) is 4.88 Å². The van der Waals surface area contributed by atoms with Crippen molar-refractivity contribution in [2.24, 2.45) is 5.92 Å². The van der Waals surface area contributed by atoms with Crippen LogP contribution >= 0.6 is 11.3 Å². The number of hydrogen-bond donors (Lipinski definition) is 2. The molecule has 0 saturated heterocycles. The lowest BCUT2D eigenvalue weighted by atomic mass is 9.88. The predicted molar refractivity (Wildman–Crippen MR) is 107 cm³/mol. The number of thiophene rings is 1. The number of amides is 2. The number of anilines is 1. The average molecular weight is 371 g/mol. The van der Waals surface area contributed by atoms with Gasteiger partial charge in [-0.15, -0.1) is 11.3 Å². The standard InChI is InChI=1S/C21H26N2O2S/c1-4-11-22-20(25)18-16-10-7-14(3)12-17(16)26-21(18)23-19(24)15-8-5-13(2)6-9-15/h5-6,8-9,14H,4,7,10-12H2,1-3H3,(H,22,25)(H,23,24)/t14-/m0/s1. The minimum Gasteiger partial charge on any atom is -0.352 e. The van der Waals surface area contributed by atoms with Crippen molar-refractivity contribution >= 4 is 28.2 Å². The quantitative estimate of drug-likeness (QED) is 0.810. The largest absolute Gasteiger partial charge is 0.352 e. The molecule has 0 bridgehead atoms. The number of rotatable bonds is 5. The van der Waals surface area contributed by atoms with Gasteiger partial charge in [-0.3, -0.25) is 9.59 Å². The molecule has 0 aliphatic heterocycles. The molecule has 5 heteroatoms. The lowest BCUT2D eigenvalue weighted by molar-refractivity contribution is 0.0953. The molecule has 26 heavy (non-hydrogen) atoms. The molecule has 1 atom stereocenters. The Kier molecular flexibility index (Phi) is 5.77. The zero-order valence-corrected chi connectivity index (χ0v) is 16.5. The summed E-state index contributed by atoms with van der Waals surface area (Å²) in [5.41, 5.74) is 3.52. The van der Waals surface area contributed by atoms with Crippen LogP contribution in [0.4, 0.5) is 5.00 Å². The van der Waals surface area contributed by atoms with E-state index in [2.05, 4.69) is 17.6 Å². The second kappa shape index (κ2) is 8.04. The van der Waals surface area contributed by atoms with E-state index in [1.807, 2.05) is 38.1 Å². The Labute approximate surface area is 159 Å². The minimum atomic E-state index is -0.166. The summed E-state index contributed by atoms with van der Waals surface area (Å²) < 4.78 is 0. The van der Waals surface area contributed by atoms with Crippen molar-refractivity contribution in [2.45, 2.75) is 46.5 Å². The second-order valence-electron chi connectivity index (χ2n) is 7.13. The van der Waals surface area contributed by atoms with E-state index >= 15 is 0 Å². The van der Waals surface area contributed by atoms with Crippen LogP contribution in [-0.2, 0) is 12.8 Å². The summed E-state index contributed by atoms with van der Waals surface area (Å²) >= 11 is 1.56. The van der Waals surface area contributed by atoms with Crippen molar-refractivity contribution < 1.29 is 9.59 Å². The summed E-state index contributed by atoms with van der Waals surface area (Å²) in [5, 5.41) is 6.65. The summed E-state index contributed by atoms with van der Waals surface area (Å²) in [5.74, 6) is 0.382. The van der Waals surface area contributed by atoms with Gasteiger partial charge in [0.2, 0.25) is 0 Å². The van der Waals surface area contributed by atoms with Gasteiger partial charge in [-0.05, 0) is 56.2 Å². The first-order chi connectivity index (χ1) is 12.5. The van der Waals surface area contributed by atoms with Crippen LogP contribution in [0, 0.1) is 12.8 Å². The third-order valence-corrected chi connectivity index (χ3v) is 5.98. The molecular weight excluding hydrogens is 344 g/mol. The molecule has 1 aromatic carbocycles. The van der Waals surface area contributed by atoms with Crippen LogP contribution in [-0.4, -0.2) is 18.4 Å². The van der Waals surface area contributed by atoms with Crippen LogP contribution in [0.1, 0.15) is 63.4 Å². The normalized spacial score (nSPS) is 16.0. The molecule has 2 N–H and O–H groups in total. The Morgan fingerprint density at radius 3 is 2.62 bits per heavy atom. The maximum absolute atomic E-state index is 12.7. The predicted octanol–water partition coefficient (Wildman–Crippen LogP) is 4.57. The van der Waals surface area contributed by atoms with Crippen LogP contribution in [0.5, 0.6) is 0 Å². The summed E-state index contributed by atoms with van der Waals surface area (Å²) in [6.45, 7) is 6.91. The monoisotopic (exact) mass is 370 g/mol. The highest BCUT2D eigenvalue weighted by Crippen LogP contribution is 2.39. The van der Waals surface area contributed by atoms with E-state index in [9.17, 15) is 9.59 Å². The maximum atomic E-state index is 12.7.